The van der Waals surface area contributed by atoms with E-state index >= 15 is 0 Å². The zero-order valence-electron chi connectivity index (χ0n) is 11.6. The van der Waals surface area contributed by atoms with Crippen molar-refractivity contribution in [3.8, 4) is 0 Å². The minimum atomic E-state index is -0.802. The molecule has 0 heterocycles. The molecule has 1 aromatic rings. The van der Waals surface area contributed by atoms with Crippen LogP contribution < -0.4 is 0 Å². The predicted molar refractivity (Wildman–Crippen MR) is 80.2 cm³/mol. The van der Waals surface area contributed by atoms with Crippen LogP contribution in [0.2, 0.25) is 0 Å². The van der Waals surface area contributed by atoms with Gasteiger partial charge in [0.15, 0.2) is 0 Å². The predicted octanol–water partition coefficient (Wildman–Crippen LogP) is 4.97. The monoisotopic (exact) mass is 342 g/mol. The third-order valence-electron chi connectivity index (χ3n) is 4.35. The highest BCUT2D eigenvalue weighted by atomic mass is 79.9. The second-order valence-electron chi connectivity index (χ2n) is 5.66. The number of hydrogen-bond donors (Lipinski definition) is 1. The summed E-state index contributed by atoms with van der Waals surface area (Å²) >= 11 is 3.19. The number of rotatable bonds is 4. The van der Waals surface area contributed by atoms with Gasteiger partial charge in [-0.25, -0.2) is 4.39 Å². The van der Waals surface area contributed by atoms with Crippen LogP contribution in [0.1, 0.15) is 50.5 Å². The minimum Gasteiger partial charge on any atom is -0.481 e. The number of carboxylic acid groups (broad SMARTS) is 1. The Balaban J connectivity index is 2.31. The highest BCUT2D eigenvalue weighted by molar-refractivity contribution is 9.10. The van der Waals surface area contributed by atoms with Gasteiger partial charge < -0.3 is 5.11 Å². The average Bonchev–Trinajstić information content (AvgIpc) is 2.42. The molecule has 1 aromatic carbocycles. The fourth-order valence-electron chi connectivity index (χ4n) is 3.37. The number of carbonyl (C=O) groups is 1. The van der Waals surface area contributed by atoms with E-state index in [1.807, 2.05) is 0 Å². The molecule has 0 radical (unpaired) electrons. The van der Waals surface area contributed by atoms with Crippen LogP contribution in [0.5, 0.6) is 0 Å². The Kier molecular flexibility index (Phi) is 5.19. The molecule has 4 heteroatoms. The molecule has 0 aliphatic heterocycles. The summed E-state index contributed by atoms with van der Waals surface area (Å²) in [6.45, 7) is 2.14. The number of carboxylic acids is 1. The van der Waals surface area contributed by atoms with E-state index in [0.29, 0.717) is 22.4 Å². The van der Waals surface area contributed by atoms with E-state index in [-0.39, 0.29) is 11.7 Å². The fraction of sp³-hybridized carbons (Fsp3) is 0.562. The highest BCUT2D eigenvalue weighted by Crippen LogP contribution is 2.43. The summed E-state index contributed by atoms with van der Waals surface area (Å²) in [6, 6.07) is 5.17. The fourth-order valence-corrected chi connectivity index (χ4v) is 3.76. The summed E-state index contributed by atoms with van der Waals surface area (Å²) < 4.78 is 14.7. The van der Waals surface area contributed by atoms with Crippen molar-refractivity contribution < 1.29 is 14.3 Å². The molecular formula is C16H20BrFO2. The molecule has 0 saturated heterocycles. The van der Waals surface area contributed by atoms with Crippen molar-refractivity contribution in [1.82, 2.24) is 0 Å². The van der Waals surface area contributed by atoms with E-state index in [2.05, 4.69) is 22.9 Å². The molecule has 3 unspecified atom stereocenters. The Hall–Kier alpha value is -0.900. The van der Waals surface area contributed by atoms with Gasteiger partial charge in [-0.15, -0.1) is 0 Å². The van der Waals surface area contributed by atoms with Crippen LogP contribution in [0.15, 0.2) is 22.7 Å². The highest BCUT2D eigenvalue weighted by Gasteiger charge is 2.37. The quantitative estimate of drug-likeness (QED) is 0.838. The van der Waals surface area contributed by atoms with Crippen LogP contribution in [-0.2, 0) is 4.79 Å². The summed E-state index contributed by atoms with van der Waals surface area (Å²) in [5.41, 5.74) is 0.549. The van der Waals surface area contributed by atoms with Gasteiger partial charge >= 0.3 is 5.97 Å². The topological polar surface area (TPSA) is 37.3 Å². The Morgan fingerprint density at radius 1 is 1.45 bits per heavy atom. The van der Waals surface area contributed by atoms with Gasteiger partial charge in [0, 0.05) is 5.92 Å². The summed E-state index contributed by atoms with van der Waals surface area (Å²) in [5, 5.41) is 9.41. The second kappa shape index (κ2) is 6.70. The molecule has 3 atom stereocenters. The van der Waals surface area contributed by atoms with Crippen LogP contribution in [0.3, 0.4) is 0 Å². The van der Waals surface area contributed by atoms with E-state index in [0.717, 1.165) is 25.7 Å². The molecule has 0 amide bonds. The van der Waals surface area contributed by atoms with Crippen molar-refractivity contribution >= 4 is 21.9 Å². The normalized spacial score (nSPS) is 26.4. The standard InChI is InChI=1S/C16H20BrFO2/c1-2-4-10-7-8-12(16(19)20)13(9-10)11-5-3-6-14(17)15(11)18/h3,5-6,10,12-13H,2,4,7-9H2,1H3,(H,19,20). The van der Waals surface area contributed by atoms with Gasteiger partial charge in [0.2, 0.25) is 0 Å². The first-order valence-corrected chi connectivity index (χ1v) is 8.00. The molecule has 0 spiro atoms. The third kappa shape index (κ3) is 3.22. The molecule has 0 bridgehead atoms. The van der Waals surface area contributed by atoms with Gasteiger partial charge in [0.1, 0.15) is 5.82 Å². The first kappa shape index (κ1) is 15.5. The Labute approximate surface area is 127 Å². The summed E-state index contributed by atoms with van der Waals surface area (Å²) in [4.78, 5) is 11.5. The van der Waals surface area contributed by atoms with Crippen molar-refractivity contribution in [3.05, 3.63) is 34.1 Å². The van der Waals surface area contributed by atoms with Crippen molar-refractivity contribution in [2.75, 3.05) is 0 Å². The second-order valence-corrected chi connectivity index (χ2v) is 6.52. The van der Waals surface area contributed by atoms with Gasteiger partial charge in [-0.2, -0.15) is 0 Å². The Morgan fingerprint density at radius 2 is 2.20 bits per heavy atom. The van der Waals surface area contributed by atoms with Crippen molar-refractivity contribution in [2.24, 2.45) is 11.8 Å². The van der Waals surface area contributed by atoms with Gasteiger partial charge in [0.25, 0.3) is 0 Å². The maximum Gasteiger partial charge on any atom is 0.307 e. The largest absolute Gasteiger partial charge is 0.481 e. The van der Waals surface area contributed by atoms with Gasteiger partial charge in [-0.1, -0.05) is 31.9 Å². The lowest BCUT2D eigenvalue weighted by molar-refractivity contribution is -0.144. The van der Waals surface area contributed by atoms with Crippen LogP contribution in [0, 0.1) is 17.7 Å². The van der Waals surface area contributed by atoms with Crippen LogP contribution in [-0.4, -0.2) is 11.1 Å². The molecule has 110 valence electrons. The smallest absolute Gasteiger partial charge is 0.307 e. The molecule has 2 rings (SSSR count). The lowest BCUT2D eigenvalue weighted by atomic mass is 9.70. The zero-order valence-corrected chi connectivity index (χ0v) is 13.2. The van der Waals surface area contributed by atoms with Crippen molar-refractivity contribution in [3.63, 3.8) is 0 Å². The SMILES string of the molecule is CCCC1CCC(C(=O)O)C(c2cccc(Br)c2F)C1. The first-order chi connectivity index (χ1) is 9.54. The summed E-state index contributed by atoms with van der Waals surface area (Å²) in [5.74, 6) is -1.27. The van der Waals surface area contributed by atoms with Crippen LogP contribution in [0.25, 0.3) is 0 Å². The number of aliphatic carboxylic acids is 1. The molecule has 1 N–H and O–H groups in total. The number of halogens is 2. The molecule has 0 aromatic heterocycles. The van der Waals surface area contributed by atoms with Crippen LogP contribution >= 0.6 is 15.9 Å². The molecule has 1 fully saturated rings. The van der Waals surface area contributed by atoms with E-state index in [4.69, 9.17) is 0 Å². The van der Waals surface area contributed by atoms with Crippen molar-refractivity contribution in [1.29, 1.82) is 0 Å². The molecule has 1 aliphatic carbocycles. The third-order valence-corrected chi connectivity index (χ3v) is 4.97. The van der Waals surface area contributed by atoms with Crippen molar-refractivity contribution in [2.45, 2.75) is 44.9 Å². The van der Waals surface area contributed by atoms with Gasteiger partial charge in [0.05, 0.1) is 10.4 Å². The molecule has 1 aliphatic rings. The van der Waals surface area contributed by atoms with Gasteiger partial charge in [-0.3, -0.25) is 4.79 Å². The maximum absolute atomic E-state index is 14.3. The Morgan fingerprint density at radius 3 is 2.85 bits per heavy atom. The Bertz CT molecular complexity index is 489. The van der Waals surface area contributed by atoms with E-state index < -0.39 is 11.9 Å². The lowest BCUT2D eigenvalue weighted by Crippen LogP contribution is -2.30. The number of hydrogen-bond acceptors (Lipinski definition) is 1. The van der Waals surface area contributed by atoms with E-state index in [1.165, 1.54) is 0 Å². The van der Waals surface area contributed by atoms with Crippen LogP contribution in [0.4, 0.5) is 4.39 Å². The summed E-state index contributed by atoms with van der Waals surface area (Å²) in [7, 11) is 0. The minimum absolute atomic E-state index is 0.213. The molecule has 1 saturated carbocycles. The lowest BCUT2D eigenvalue weighted by Gasteiger charge is -2.34. The first-order valence-electron chi connectivity index (χ1n) is 7.21. The molecular weight excluding hydrogens is 323 g/mol. The maximum atomic E-state index is 14.3. The zero-order chi connectivity index (χ0) is 14.7. The molecule has 2 nitrogen and oxygen atoms in total. The van der Waals surface area contributed by atoms with E-state index in [1.54, 1.807) is 18.2 Å². The van der Waals surface area contributed by atoms with E-state index in [9.17, 15) is 14.3 Å². The number of benzene rings is 1. The average molecular weight is 343 g/mol. The summed E-state index contributed by atoms with van der Waals surface area (Å²) in [6.07, 6.45) is 4.56. The molecule has 20 heavy (non-hydrogen) atoms. The van der Waals surface area contributed by atoms with Gasteiger partial charge in [-0.05, 0) is 52.7 Å².